The molecular formula is C17H25N3O. The Morgan fingerprint density at radius 2 is 1.76 bits per heavy atom. The minimum Gasteiger partial charge on any atom is -0.310 e. The second-order valence-corrected chi connectivity index (χ2v) is 7.51. The summed E-state index contributed by atoms with van der Waals surface area (Å²) < 4.78 is 0. The molecule has 3 rings (SSSR count). The van der Waals surface area contributed by atoms with Crippen molar-refractivity contribution in [1.82, 2.24) is 15.3 Å². The summed E-state index contributed by atoms with van der Waals surface area (Å²) in [5, 5.41) is 3.64. The van der Waals surface area contributed by atoms with Gasteiger partial charge in [0.05, 0.1) is 11.0 Å². The van der Waals surface area contributed by atoms with E-state index in [1.807, 2.05) is 12.1 Å². The van der Waals surface area contributed by atoms with E-state index in [1.54, 1.807) is 0 Å². The van der Waals surface area contributed by atoms with E-state index in [0.29, 0.717) is 16.7 Å². The summed E-state index contributed by atoms with van der Waals surface area (Å²) in [6, 6.07) is 6.37. The van der Waals surface area contributed by atoms with Gasteiger partial charge >= 0.3 is 5.69 Å². The molecule has 4 nitrogen and oxygen atoms in total. The van der Waals surface area contributed by atoms with Crippen LogP contribution in [0.4, 0.5) is 0 Å². The Balaban J connectivity index is 1.70. The molecule has 3 N–H and O–H groups in total. The van der Waals surface area contributed by atoms with E-state index in [4.69, 9.17) is 0 Å². The molecule has 1 unspecified atom stereocenters. The molecule has 1 aromatic carbocycles. The Kier molecular flexibility index (Phi) is 3.06. The molecule has 0 amide bonds. The van der Waals surface area contributed by atoms with Crippen LogP contribution in [0.25, 0.3) is 11.0 Å². The van der Waals surface area contributed by atoms with Crippen LogP contribution in [-0.4, -0.2) is 16.5 Å². The first-order valence-corrected chi connectivity index (χ1v) is 7.69. The fraction of sp³-hybridized carbons (Fsp3) is 0.588. The highest BCUT2D eigenvalue weighted by molar-refractivity contribution is 5.75. The van der Waals surface area contributed by atoms with Gasteiger partial charge in [-0.15, -0.1) is 0 Å². The molecule has 1 fully saturated rings. The maximum absolute atomic E-state index is 11.3. The van der Waals surface area contributed by atoms with Crippen LogP contribution in [0.2, 0.25) is 0 Å². The van der Waals surface area contributed by atoms with Gasteiger partial charge in [0, 0.05) is 6.04 Å². The predicted molar refractivity (Wildman–Crippen MR) is 86.4 cm³/mol. The van der Waals surface area contributed by atoms with Crippen LogP contribution in [0, 0.1) is 16.7 Å². The van der Waals surface area contributed by atoms with Crippen molar-refractivity contribution < 1.29 is 0 Å². The summed E-state index contributed by atoms with van der Waals surface area (Å²) in [5.74, 6) is 0.711. The average molecular weight is 287 g/mol. The van der Waals surface area contributed by atoms with Gasteiger partial charge in [-0.25, -0.2) is 4.79 Å². The van der Waals surface area contributed by atoms with Crippen LogP contribution < -0.4 is 11.0 Å². The number of hydrogen-bond acceptors (Lipinski definition) is 2. The monoisotopic (exact) mass is 287 g/mol. The van der Waals surface area contributed by atoms with Crippen molar-refractivity contribution in [2.24, 2.45) is 16.7 Å². The van der Waals surface area contributed by atoms with Crippen LogP contribution >= 0.6 is 0 Å². The summed E-state index contributed by atoms with van der Waals surface area (Å²) in [6.07, 6.45) is 0. The van der Waals surface area contributed by atoms with Crippen molar-refractivity contribution in [2.75, 3.05) is 6.54 Å². The quantitative estimate of drug-likeness (QED) is 0.808. The van der Waals surface area contributed by atoms with Crippen LogP contribution in [0.15, 0.2) is 23.0 Å². The summed E-state index contributed by atoms with van der Waals surface area (Å²) >= 11 is 0. The highest BCUT2D eigenvalue weighted by Crippen LogP contribution is 2.68. The molecule has 0 spiro atoms. The number of hydrogen-bond donors (Lipinski definition) is 3. The van der Waals surface area contributed by atoms with Crippen molar-refractivity contribution in [2.45, 2.75) is 40.7 Å². The van der Waals surface area contributed by atoms with Crippen LogP contribution in [0.3, 0.4) is 0 Å². The Labute approximate surface area is 125 Å². The van der Waals surface area contributed by atoms with Crippen LogP contribution in [-0.2, 0) is 0 Å². The van der Waals surface area contributed by atoms with Gasteiger partial charge < -0.3 is 15.3 Å². The Hall–Kier alpha value is -1.55. The summed E-state index contributed by atoms with van der Waals surface area (Å²) in [6.45, 7) is 12.6. The SMILES string of the molecule is CC(NCC1C(C)(C)C1(C)C)c1ccc2[nH]c(=O)[nH]c2c1. The minimum absolute atomic E-state index is 0.149. The normalized spacial score (nSPS) is 21.6. The van der Waals surface area contributed by atoms with Crippen LogP contribution in [0.5, 0.6) is 0 Å². The number of fused-ring (bicyclic) bond motifs is 1. The fourth-order valence-electron chi connectivity index (χ4n) is 3.58. The predicted octanol–water partition coefficient (Wildman–Crippen LogP) is 3.19. The molecule has 1 aromatic heterocycles. The van der Waals surface area contributed by atoms with E-state index in [1.165, 1.54) is 5.56 Å². The third-order valence-corrected chi connectivity index (χ3v) is 5.99. The highest BCUT2D eigenvalue weighted by Gasteiger charge is 2.63. The lowest BCUT2D eigenvalue weighted by molar-refractivity contribution is 0.457. The van der Waals surface area contributed by atoms with Crippen LogP contribution in [0.1, 0.15) is 46.2 Å². The molecule has 1 aliphatic carbocycles. The molecule has 0 saturated heterocycles. The van der Waals surface area contributed by atoms with Gasteiger partial charge in [0.25, 0.3) is 0 Å². The standard InChI is InChI=1S/C17H25N3O/c1-10(18-9-14-16(2,3)17(14,4)5)11-6-7-12-13(8-11)20-15(21)19-12/h6-8,10,14,18H,9H2,1-5H3,(H2,19,20,21). The molecule has 1 heterocycles. The van der Waals surface area contributed by atoms with Gasteiger partial charge in [-0.3, -0.25) is 0 Å². The zero-order valence-corrected chi connectivity index (χ0v) is 13.5. The van der Waals surface area contributed by atoms with E-state index in [0.717, 1.165) is 17.6 Å². The maximum atomic E-state index is 11.3. The molecule has 1 atom stereocenters. The summed E-state index contributed by atoms with van der Waals surface area (Å²) in [5.41, 5.74) is 3.61. The van der Waals surface area contributed by atoms with Gasteiger partial charge in [-0.05, 0) is 47.9 Å². The molecule has 1 saturated carbocycles. The van der Waals surface area contributed by atoms with Crippen molar-refractivity contribution in [3.8, 4) is 0 Å². The first-order valence-electron chi connectivity index (χ1n) is 7.69. The number of nitrogens with one attached hydrogen (secondary N) is 3. The zero-order chi connectivity index (χ0) is 15.4. The van der Waals surface area contributed by atoms with E-state index in [-0.39, 0.29) is 11.7 Å². The molecule has 1 aliphatic rings. The molecule has 0 aliphatic heterocycles. The van der Waals surface area contributed by atoms with Crippen molar-refractivity contribution in [1.29, 1.82) is 0 Å². The van der Waals surface area contributed by atoms with Gasteiger partial charge in [-0.2, -0.15) is 0 Å². The molecular weight excluding hydrogens is 262 g/mol. The number of aromatic nitrogens is 2. The Bertz CT molecular complexity index is 709. The maximum Gasteiger partial charge on any atom is 0.323 e. The first kappa shape index (κ1) is 14.4. The topological polar surface area (TPSA) is 60.7 Å². The molecule has 4 heteroatoms. The molecule has 0 radical (unpaired) electrons. The van der Waals surface area contributed by atoms with E-state index in [9.17, 15) is 4.79 Å². The fourth-order valence-corrected chi connectivity index (χ4v) is 3.58. The largest absolute Gasteiger partial charge is 0.323 e. The molecule has 0 bridgehead atoms. The first-order chi connectivity index (χ1) is 9.73. The molecule has 21 heavy (non-hydrogen) atoms. The lowest BCUT2D eigenvalue weighted by Gasteiger charge is -2.15. The summed E-state index contributed by atoms with van der Waals surface area (Å²) in [4.78, 5) is 16.9. The van der Waals surface area contributed by atoms with E-state index < -0.39 is 0 Å². The average Bonchev–Trinajstić information content (AvgIpc) is 2.70. The van der Waals surface area contributed by atoms with Gasteiger partial charge in [0.2, 0.25) is 0 Å². The van der Waals surface area contributed by atoms with Gasteiger partial charge in [-0.1, -0.05) is 33.8 Å². The summed E-state index contributed by atoms with van der Waals surface area (Å²) in [7, 11) is 0. The third kappa shape index (κ3) is 2.22. The number of rotatable bonds is 4. The van der Waals surface area contributed by atoms with Gasteiger partial charge in [0.1, 0.15) is 0 Å². The number of imidazole rings is 1. The van der Waals surface area contributed by atoms with Crippen molar-refractivity contribution in [3.63, 3.8) is 0 Å². The molecule has 2 aromatic rings. The highest BCUT2D eigenvalue weighted by atomic mass is 16.1. The third-order valence-electron chi connectivity index (χ3n) is 5.99. The lowest BCUT2D eigenvalue weighted by Crippen LogP contribution is -2.23. The Morgan fingerprint density at radius 3 is 2.38 bits per heavy atom. The Morgan fingerprint density at radius 1 is 1.14 bits per heavy atom. The number of benzene rings is 1. The zero-order valence-electron chi connectivity index (χ0n) is 13.5. The van der Waals surface area contributed by atoms with E-state index >= 15 is 0 Å². The molecule has 114 valence electrons. The second kappa shape index (κ2) is 4.47. The number of H-pyrrole nitrogens is 2. The smallest absolute Gasteiger partial charge is 0.310 e. The lowest BCUT2D eigenvalue weighted by atomic mass is 10.0. The van der Waals surface area contributed by atoms with E-state index in [2.05, 4.69) is 56.0 Å². The van der Waals surface area contributed by atoms with Crippen molar-refractivity contribution >= 4 is 11.0 Å². The second-order valence-electron chi connectivity index (χ2n) is 7.51. The number of aromatic amines is 2. The minimum atomic E-state index is -0.149. The van der Waals surface area contributed by atoms with Gasteiger partial charge in [0.15, 0.2) is 0 Å². The van der Waals surface area contributed by atoms with Crippen molar-refractivity contribution in [3.05, 3.63) is 34.2 Å².